The Morgan fingerprint density at radius 3 is 1.91 bits per heavy atom. The van der Waals surface area contributed by atoms with E-state index in [9.17, 15) is 40.0 Å². The lowest BCUT2D eigenvalue weighted by molar-refractivity contribution is 0.473. The molecular formula is C29H31N5O9S3. The van der Waals surface area contributed by atoms with Crippen molar-refractivity contribution in [3.63, 3.8) is 0 Å². The van der Waals surface area contributed by atoms with E-state index in [0.717, 1.165) is 24.3 Å². The molecule has 0 amide bonds. The number of sulfone groups is 2. The third-order valence-electron chi connectivity index (χ3n) is 6.95. The minimum Gasteiger partial charge on any atom is -0.506 e. The number of benzene rings is 4. The van der Waals surface area contributed by atoms with Crippen molar-refractivity contribution in [1.29, 1.82) is 0 Å². The summed E-state index contributed by atoms with van der Waals surface area (Å²) in [6.45, 7) is 6.74. The third kappa shape index (κ3) is 7.01. The monoisotopic (exact) mass is 689 g/mol. The molecule has 0 radical (unpaired) electrons. The molecule has 0 bridgehead atoms. The smallest absolute Gasteiger partial charge is 0.296 e. The van der Waals surface area contributed by atoms with E-state index in [0.29, 0.717) is 23.2 Å². The second-order valence-electron chi connectivity index (χ2n) is 9.94. The van der Waals surface area contributed by atoms with Crippen molar-refractivity contribution in [3.8, 4) is 11.5 Å². The minimum atomic E-state index is -4.89. The molecule has 0 heterocycles. The summed E-state index contributed by atoms with van der Waals surface area (Å²) in [6, 6.07) is 11.7. The molecule has 4 aromatic rings. The molecule has 0 saturated heterocycles. The number of aromatic hydroxyl groups is 2. The van der Waals surface area contributed by atoms with E-state index in [1.54, 1.807) is 25.1 Å². The number of azo groups is 2. The molecule has 17 heteroatoms. The molecule has 4 aromatic carbocycles. The molecule has 4 N–H and O–H groups in total. The number of phenols is 2. The first kappa shape index (κ1) is 34.4. The van der Waals surface area contributed by atoms with Crippen LogP contribution in [0.2, 0.25) is 0 Å². The highest BCUT2D eigenvalue weighted by Crippen LogP contribution is 2.44. The number of aryl methyl sites for hydroxylation is 1. The average molecular weight is 690 g/mol. The van der Waals surface area contributed by atoms with Crippen LogP contribution in [0, 0.1) is 6.92 Å². The van der Waals surface area contributed by atoms with Crippen LogP contribution in [0.3, 0.4) is 0 Å². The number of rotatable bonds is 11. The van der Waals surface area contributed by atoms with Gasteiger partial charge < -0.3 is 15.5 Å². The average Bonchev–Trinajstić information content (AvgIpc) is 3.00. The third-order valence-corrected chi connectivity index (χ3v) is 11.4. The standard InChI is InChI=1S/C29H31N5O9S3/c1-5-30-22-12-10-20-19(28(22)34-31-21-11-8-18(44(37,38)6-2)15-27(21)46(41,42)43)9-13-23(29(20)36)32-33-24-14-17(4)26(16-25(24)35)45(39,40)7-3/h8-16,30,35-36H,5-7H2,1-4H3,(H,41,42,43)/b33-32+,34-31+. The summed E-state index contributed by atoms with van der Waals surface area (Å²) < 4.78 is 83.3. The van der Waals surface area contributed by atoms with Crippen molar-refractivity contribution in [2.45, 2.75) is 42.4 Å². The van der Waals surface area contributed by atoms with Crippen LogP contribution in [0.5, 0.6) is 11.5 Å². The predicted molar refractivity (Wildman–Crippen MR) is 173 cm³/mol. The molecule has 244 valence electrons. The maximum absolute atomic E-state index is 12.3. The van der Waals surface area contributed by atoms with Gasteiger partial charge >= 0.3 is 0 Å². The predicted octanol–water partition coefficient (Wildman–Crippen LogP) is 6.66. The molecule has 0 aliphatic heterocycles. The summed E-state index contributed by atoms with van der Waals surface area (Å²) in [4.78, 5) is -1.08. The number of hydrogen-bond donors (Lipinski definition) is 4. The van der Waals surface area contributed by atoms with Gasteiger partial charge in [0.25, 0.3) is 10.1 Å². The summed E-state index contributed by atoms with van der Waals surface area (Å²) in [7, 11) is -12.3. The topological polar surface area (TPSA) is 225 Å². The van der Waals surface area contributed by atoms with Gasteiger partial charge in [0.05, 0.1) is 27.0 Å². The number of anilines is 1. The van der Waals surface area contributed by atoms with Gasteiger partial charge in [0.15, 0.2) is 25.4 Å². The Morgan fingerprint density at radius 2 is 1.28 bits per heavy atom. The molecule has 0 spiro atoms. The summed E-state index contributed by atoms with van der Waals surface area (Å²) in [5, 5.41) is 41.5. The maximum atomic E-state index is 12.3. The van der Waals surface area contributed by atoms with Crippen LogP contribution < -0.4 is 5.32 Å². The van der Waals surface area contributed by atoms with Crippen LogP contribution in [0.1, 0.15) is 26.3 Å². The fourth-order valence-electron chi connectivity index (χ4n) is 4.47. The molecule has 4 rings (SSSR count). The molecule has 0 saturated carbocycles. The lowest BCUT2D eigenvalue weighted by Gasteiger charge is -2.12. The van der Waals surface area contributed by atoms with Crippen LogP contribution >= 0.6 is 0 Å². The van der Waals surface area contributed by atoms with Crippen molar-refractivity contribution >= 4 is 69.0 Å². The first-order valence-corrected chi connectivity index (χ1v) is 18.5. The minimum absolute atomic E-state index is 0.00952. The molecule has 0 aliphatic rings. The maximum Gasteiger partial charge on any atom is 0.296 e. The lowest BCUT2D eigenvalue weighted by atomic mass is 10.1. The number of phenolic OH excluding ortho intramolecular Hbond substituents is 2. The zero-order valence-corrected chi connectivity index (χ0v) is 27.6. The quantitative estimate of drug-likeness (QED) is 0.0968. The largest absolute Gasteiger partial charge is 0.506 e. The first-order valence-electron chi connectivity index (χ1n) is 13.8. The van der Waals surface area contributed by atoms with Gasteiger partial charge in [0.2, 0.25) is 0 Å². The van der Waals surface area contributed by atoms with Crippen LogP contribution in [-0.2, 0) is 29.8 Å². The number of fused-ring (bicyclic) bond motifs is 1. The van der Waals surface area contributed by atoms with E-state index in [4.69, 9.17) is 0 Å². The second kappa shape index (κ2) is 13.1. The molecule has 0 unspecified atom stereocenters. The highest BCUT2D eigenvalue weighted by Gasteiger charge is 2.22. The Balaban J connectivity index is 1.81. The van der Waals surface area contributed by atoms with Crippen molar-refractivity contribution in [2.75, 3.05) is 23.4 Å². The summed E-state index contributed by atoms with van der Waals surface area (Å²) in [6.07, 6.45) is 0. The van der Waals surface area contributed by atoms with Crippen LogP contribution in [0.15, 0.2) is 89.7 Å². The molecule has 46 heavy (non-hydrogen) atoms. The van der Waals surface area contributed by atoms with E-state index in [1.807, 2.05) is 6.92 Å². The van der Waals surface area contributed by atoms with E-state index >= 15 is 0 Å². The van der Waals surface area contributed by atoms with Gasteiger partial charge in [0.1, 0.15) is 33.4 Å². The fourth-order valence-corrected chi connectivity index (χ4v) is 7.25. The molecule has 0 aromatic heterocycles. The van der Waals surface area contributed by atoms with Crippen molar-refractivity contribution in [3.05, 3.63) is 60.2 Å². The highest BCUT2D eigenvalue weighted by molar-refractivity contribution is 7.91. The zero-order chi connectivity index (χ0) is 34.0. The molecular weight excluding hydrogens is 659 g/mol. The fraction of sp³-hybridized carbons (Fsp3) is 0.241. The van der Waals surface area contributed by atoms with Crippen LogP contribution in [0.25, 0.3) is 10.8 Å². The van der Waals surface area contributed by atoms with Crippen LogP contribution in [-0.4, -0.2) is 58.1 Å². The van der Waals surface area contributed by atoms with Gasteiger partial charge in [-0.05, 0) is 67.9 Å². The van der Waals surface area contributed by atoms with E-state index in [-0.39, 0.29) is 55.2 Å². The number of hydrogen-bond acceptors (Lipinski definition) is 13. The lowest BCUT2D eigenvalue weighted by Crippen LogP contribution is -2.06. The Kier molecular flexibility index (Phi) is 9.81. The van der Waals surface area contributed by atoms with Gasteiger partial charge in [0, 0.05) is 23.4 Å². The highest BCUT2D eigenvalue weighted by atomic mass is 32.2. The Bertz CT molecular complexity index is 2230. The first-order chi connectivity index (χ1) is 21.5. The zero-order valence-electron chi connectivity index (χ0n) is 25.1. The Hall–Kier alpha value is -4.45. The molecule has 0 aliphatic carbocycles. The van der Waals surface area contributed by atoms with E-state index < -0.39 is 40.4 Å². The van der Waals surface area contributed by atoms with Gasteiger partial charge in [-0.1, -0.05) is 13.8 Å². The summed E-state index contributed by atoms with van der Waals surface area (Å²) in [5.74, 6) is -1.16. The molecule has 0 atom stereocenters. The van der Waals surface area contributed by atoms with Crippen molar-refractivity contribution in [1.82, 2.24) is 0 Å². The second-order valence-corrected chi connectivity index (χ2v) is 15.9. The number of nitrogens with one attached hydrogen (secondary N) is 1. The van der Waals surface area contributed by atoms with Gasteiger partial charge in [-0.2, -0.15) is 8.42 Å². The number of nitrogens with zero attached hydrogens (tertiary/aromatic N) is 4. The Labute approximate surface area is 266 Å². The summed E-state index contributed by atoms with van der Waals surface area (Å²) in [5.41, 5.74) is 0.687. The normalized spacial score (nSPS) is 12.8. The molecule has 14 nitrogen and oxygen atoms in total. The molecule has 0 fully saturated rings. The van der Waals surface area contributed by atoms with Gasteiger partial charge in [-0.15, -0.1) is 20.5 Å². The van der Waals surface area contributed by atoms with Crippen LogP contribution in [0.4, 0.5) is 28.4 Å². The van der Waals surface area contributed by atoms with Gasteiger partial charge in [-0.3, -0.25) is 4.55 Å². The summed E-state index contributed by atoms with van der Waals surface area (Å²) >= 11 is 0. The Morgan fingerprint density at radius 1 is 0.674 bits per heavy atom. The van der Waals surface area contributed by atoms with E-state index in [2.05, 4.69) is 25.8 Å². The SMILES string of the molecule is CCNc1ccc2c(O)c(/N=N/c3cc(C)c(S(=O)(=O)CC)cc3O)ccc2c1/N=N/c1ccc(S(=O)(=O)CC)cc1S(=O)(=O)O. The van der Waals surface area contributed by atoms with Gasteiger partial charge in [-0.25, -0.2) is 16.8 Å². The van der Waals surface area contributed by atoms with Crippen molar-refractivity contribution in [2.24, 2.45) is 20.5 Å². The van der Waals surface area contributed by atoms with E-state index in [1.165, 1.54) is 26.0 Å². The van der Waals surface area contributed by atoms with Crippen molar-refractivity contribution < 1.29 is 40.0 Å².